The number of halogens is 2. The Hall–Kier alpha value is -2.28. The normalized spacial score (nSPS) is 14.3. The lowest BCUT2D eigenvalue weighted by molar-refractivity contribution is -0.113. The summed E-state index contributed by atoms with van der Waals surface area (Å²) in [5.41, 5.74) is 7.26. The van der Waals surface area contributed by atoms with Crippen molar-refractivity contribution in [1.82, 2.24) is 10.6 Å². The molecule has 0 saturated carbocycles. The maximum absolute atomic E-state index is 13.4. The zero-order chi connectivity index (χ0) is 27.5. The van der Waals surface area contributed by atoms with Gasteiger partial charge in [0.15, 0.2) is 6.23 Å². The minimum absolute atomic E-state index is 0.617. The molecule has 1 aliphatic heterocycles. The third-order valence-electron chi connectivity index (χ3n) is 6.19. The summed E-state index contributed by atoms with van der Waals surface area (Å²) in [6, 6.07) is 12.0. The van der Waals surface area contributed by atoms with Crippen LogP contribution < -0.4 is 15.5 Å². The van der Waals surface area contributed by atoms with Crippen LogP contribution in [0, 0.1) is 13.8 Å². The maximum Gasteiger partial charge on any atom is 0.283 e. The molecule has 4 nitrogen and oxygen atoms in total. The molecule has 1 heterocycles. The second-order valence-corrected chi connectivity index (χ2v) is 9.14. The molecule has 0 radical (unpaired) electrons. The summed E-state index contributed by atoms with van der Waals surface area (Å²) in [7, 11) is 1.66. The van der Waals surface area contributed by atoms with Gasteiger partial charge in [0, 0.05) is 30.4 Å². The van der Waals surface area contributed by atoms with E-state index in [4.69, 9.17) is 0 Å². The Kier molecular flexibility index (Phi) is 13.3. The van der Waals surface area contributed by atoms with E-state index < -0.39 is 18.3 Å². The van der Waals surface area contributed by atoms with Crippen molar-refractivity contribution in [2.24, 2.45) is 0 Å². The first-order chi connectivity index (χ1) is 17.0. The number of nitrogens with zero attached hydrogens (tertiary/aromatic N) is 1. The third kappa shape index (κ3) is 8.39. The van der Waals surface area contributed by atoms with Crippen LogP contribution in [-0.2, 0) is 6.54 Å². The van der Waals surface area contributed by atoms with E-state index in [0.29, 0.717) is 13.5 Å². The number of aliphatic hydroxyl groups is 1. The Morgan fingerprint density at radius 3 is 2.08 bits per heavy atom. The Balaban J connectivity index is 0.000000710. The lowest BCUT2D eigenvalue weighted by Gasteiger charge is -2.26. The van der Waals surface area contributed by atoms with Gasteiger partial charge in [0.1, 0.15) is 0 Å². The van der Waals surface area contributed by atoms with Crippen LogP contribution in [0.5, 0.6) is 0 Å². The molecule has 6 heteroatoms. The highest BCUT2D eigenvalue weighted by Gasteiger charge is 2.34. The van der Waals surface area contributed by atoms with Gasteiger partial charge in [-0.1, -0.05) is 90.3 Å². The molecule has 3 N–H and O–H groups in total. The molecular formula is C30H47F2N3O. The number of benzene rings is 2. The lowest BCUT2D eigenvalue weighted by Crippen LogP contribution is -2.47. The van der Waals surface area contributed by atoms with Gasteiger partial charge in [-0.05, 0) is 49.2 Å². The third-order valence-corrected chi connectivity index (χ3v) is 6.19. The molecule has 2 aromatic carbocycles. The predicted octanol–water partition coefficient (Wildman–Crippen LogP) is 7.69. The Labute approximate surface area is 217 Å². The molecule has 0 bridgehead atoms. The summed E-state index contributed by atoms with van der Waals surface area (Å²) in [5, 5.41) is 15.2. The molecule has 0 saturated heterocycles. The highest BCUT2D eigenvalue weighted by Crippen LogP contribution is 2.39. The van der Waals surface area contributed by atoms with Crippen LogP contribution in [0.4, 0.5) is 14.5 Å². The fourth-order valence-corrected chi connectivity index (χ4v) is 4.19. The van der Waals surface area contributed by atoms with Crippen LogP contribution in [0.25, 0.3) is 5.70 Å². The number of aryl methyl sites for hydroxylation is 2. The number of hydrogen-bond acceptors (Lipinski definition) is 4. The summed E-state index contributed by atoms with van der Waals surface area (Å²) < 4.78 is 26.7. The van der Waals surface area contributed by atoms with E-state index in [9.17, 15) is 13.9 Å². The molecule has 36 heavy (non-hydrogen) atoms. The van der Waals surface area contributed by atoms with E-state index in [0.717, 1.165) is 28.1 Å². The lowest BCUT2D eigenvalue weighted by atomic mass is 10.0. The summed E-state index contributed by atoms with van der Waals surface area (Å²) in [6.45, 7) is 18.3. The molecule has 202 valence electrons. The Morgan fingerprint density at radius 1 is 1.06 bits per heavy atom. The van der Waals surface area contributed by atoms with Crippen molar-refractivity contribution in [3.8, 4) is 0 Å². The molecule has 1 aliphatic rings. The minimum Gasteiger partial charge on any atom is -0.372 e. The van der Waals surface area contributed by atoms with Crippen molar-refractivity contribution < 1.29 is 13.9 Å². The fraction of sp³-hybridized carbons (Fsp3) is 0.533. The molecule has 2 atom stereocenters. The summed E-state index contributed by atoms with van der Waals surface area (Å²) in [6.07, 6.45) is 2.97. The second kappa shape index (κ2) is 15.1. The number of hydrogen-bond donors (Lipinski definition) is 3. The van der Waals surface area contributed by atoms with Crippen molar-refractivity contribution in [2.45, 2.75) is 99.0 Å². The molecule has 0 amide bonds. The number of alkyl halides is 2. The number of unbranched alkanes of at least 4 members (excludes halogenated alkanes) is 3. The number of nitrogens with one attached hydrogen (secondary N) is 2. The first-order valence-electron chi connectivity index (χ1n) is 13.2. The van der Waals surface area contributed by atoms with E-state index >= 15 is 0 Å². The highest BCUT2D eigenvalue weighted by atomic mass is 19.3. The number of para-hydroxylation sites is 1. The predicted molar refractivity (Wildman–Crippen MR) is 150 cm³/mol. The largest absolute Gasteiger partial charge is 0.372 e. The summed E-state index contributed by atoms with van der Waals surface area (Å²) >= 11 is 0. The van der Waals surface area contributed by atoms with Gasteiger partial charge in [0.05, 0.1) is 6.17 Å². The van der Waals surface area contributed by atoms with Crippen LogP contribution in [0.1, 0.15) is 94.3 Å². The van der Waals surface area contributed by atoms with Gasteiger partial charge in [-0.25, -0.2) is 8.78 Å². The summed E-state index contributed by atoms with van der Waals surface area (Å²) in [4.78, 5) is 2.19. The van der Waals surface area contributed by atoms with E-state index in [2.05, 4.69) is 61.9 Å². The highest BCUT2D eigenvalue weighted by molar-refractivity contribution is 5.86. The monoisotopic (exact) mass is 503 g/mol. The molecule has 0 spiro atoms. The van der Waals surface area contributed by atoms with Gasteiger partial charge in [-0.15, -0.1) is 0 Å². The zero-order valence-electron chi connectivity index (χ0n) is 23.5. The van der Waals surface area contributed by atoms with Crippen LogP contribution in [0.3, 0.4) is 0 Å². The SMILES string of the molecule is C=C1c2cc(C(NC)NC(O)C(C)(F)F)ccc2CN1c1c(C)cccc1C.CC.CCCCCC. The van der Waals surface area contributed by atoms with E-state index in [-0.39, 0.29) is 0 Å². The van der Waals surface area contributed by atoms with Gasteiger partial charge in [0.2, 0.25) is 0 Å². The van der Waals surface area contributed by atoms with Crippen LogP contribution >= 0.6 is 0 Å². The topological polar surface area (TPSA) is 47.5 Å². The van der Waals surface area contributed by atoms with Crippen molar-refractivity contribution in [2.75, 3.05) is 11.9 Å². The second-order valence-electron chi connectivity index (χ2n) is 9.14. The molecule has 3 rings (SSSR count). The van der Waals surface area contributed by atoms with Gasteiger partial charge in [-0.2, -0.15) is 0 Å². The van der Waals surface area contributed by atoms with Crippen molar-refractivity contribution in [3.63, 3.8) is 0 Å². The Morgan fingerprint density at radius 2 is 1.61 bits per heavy atom. The average molecular weight is 504 g/mol. The first-order valence-corrected chi connectivity index (χ1v) is 13.2. The quantitative estimate of drug-likeness (QED) is 0.242. The van der Waals surface area contributed by atoms with Gasteiger partial charge in [0.25, 0.3) is 5.92 Å². The van der Waals surface area contributed by atoms with Crippen molar-refractivity contribution >= 4 is 11.4 Å². The molecule has 0 fully saturated rings. The average Bonchev–Trinajstić information content (AvgIpc) is 3.17. The summed E-state index contributed by atoms with van der Waals surface area (Å²) in [5.74, 6) is -3.24. The van der Waals surface area contributed by atoms with Crippen molar-refractivity contribution in [3.05, 3.63) is 70.8 Å². The van der Waals surface area contributed by atoms with E-state index in [1.54, 1.807) is 7.05 Å². The number of aliphatic hydroxyl groups excluding tert-OH is 1. The van der Waals surface area contributed by atoms with Crippen LogP contribution in [0.2, 0.25) is 0 Å². The van der Waals surface area contributed by atoms with Crippen LogP contribution in [0.15, 0.2) is 43.0 Å². The van der Waals surface area contributed by atoms with E-state index in [1.807, 2.05) is 38.1 Å². The smallest absolute Gasteiger partial charge is 0.283 e. The van der Waals surface area contributed by atoms with Gasteiger partial charge < -0.3 is 15.3 Å². The first kappa shape index (κ1) is 31.7. The van der Waals surface area contributed by atoms with Crippen molar-refractivity contribution in [1.29, 1.82) is 0 Å². The van der Waals surface area contributed by atoms with Crippen LogP contribution in [-0.4, -0.2) is 24.3 Å². The Bertz CT molecular complexity index is 931. The number of anilines is 1. The zero-order valence-corrected chi connectivity index (χ0v) is 23.5. The maximum atomic E-state index is 13.4. The number of fused-ring (bicyclic) bond motifs is 1. The molecule has 2 unspecified atom stereocenters. The van der Waals surface area contributed by atoms with Gasteiger partial charge >= 0.3 is 0 Å². The number of rotatable bonds is 9. The molecule has 2 aromatic rings. The molecule has 0 aliphatic carbocycles. The molecule has 0 aromatic heterocycles. The standard InChI is InChI=1S/C22H27F2N3O.C6H14.C2H6/c1-13-7-6-8-14(2)19(13)27-12-17-10-9-16(11-18(17)15(27)3)20(25-5)26-21(28)22(4,23)24;1-3-5-6-4-2;1-2/h6-11,20-21,25-26,28H,3,12H2,1-2,4-5H3;3-6H2,1-2H3;1-2H3. The molecular weight excluding hydrogens is 456 g/mol. The fourth-order valence-electron chi connectivity index (χ4n) is 4.19. The van der Waals surface area contributed by atoms with Gasteiger partial charge in [-0.3, -0.25) is 5.32 Å². The minimum atomic E-state index is -3.24. The van der Waals surface area contributed by atoms with E-state index in [1.165, 1.54) is 36.8 Å².